The first-order valence-electron chi connectivity index (χ1n) is 10.2. The van der Waals surface area contributed by atoms with Crippen molar-refractivity contribution in [1.29, 1.82) is 0 Å². The highest BCUT2D eigenvalue weighted by Gasteiger charge is 2.25. The van der Waals surface area contributed by atoms with E-state index in [4.69, 9.17) is 9.15 Å². The van der Waals surface area contributed by atoms with Crippen LogP contribution >= 0.6 is 0 Å². The number of carboxylic acids is 1. The van der Waals surface area contributed by atoms with E-state index < -0.39 is 29.5 Å². The maximum absolute atomic E-state index is 12.0. The third-order valence-corrected chi connectivity index (χ3v) is 4.93. The lowest BCUT2D eigenvalue weighted by Gasteiger charge is -2.20. The van der Waals surface area contributed by atoms with Crippen molar-refractivity contribution in [3.8, 4) is 5.75 Å². The zero-order chi connectivity index (χ0) is 23.0. The zero-order valence-corrected chi connectivity index (χ0v) is 17.9. The Balaban J connectivity index is 1.91. The van der Waals surface area contributed by atoms with Gasteiger partial charge in [-0.2, -0.15) is 0 Å². The molecule has 2 atom stereocenters. The molecular formula is C22H28N2O7. The van der Waals surface area contributed by atoms with E-state index in [0.717, 1.165) is 23.8 Å². The van der Waals surface area contributed by atoms with Crippen LogP contribution in [0.15, 0.2) is 33.5 Å². The van der Waals surface area contributed by atoms with Gasteiger partial charge in [-0.3, -0.25) is 9.59 Å². The number of amides is 2. The first-order chi connectivity index (χ1) is 14.7. The van der Waals surface area contributed by atoms with E-state index in [1.807, 2.05) is 13.8 Å². The lowest BCUT2D eigenvalue weighted by Crippen LogP contribution is -2.48. The van der Waals surface area contributed by atoms with Crippen LogP contribution in [0.4, 0.5) is 0 Å². The Bertz CT molecular complexity index is 999. The van der Waals surface area contributed by atoms with Gasteiger partial charge in [0.25, 0.3) is 5.91 Å². The maximum atomic E-state index is 12.0. The van der Waals surface area contributed by atoms with Gasteiger partial charge < -0.3 is 24.9 Å². The number of carbonyl (C=O) groups excluding carboxylic acids is 2. The summed E-state index contributed by atoms with van der Waals surface area (Å²) in [6.07, 6.45) is 2.21. The number of hydrogen-bond acceptors (Lipinski definition) is 6. The van der Waals surface area contributed by atoms with Crippen molar-refractivity contribution in [2.24, 2.45) is 5.92 Å². The Morgan fingerprint density at radius 1 is 1.16 bits per heavy atom. The van der Waals surface area contributed by atoms with E-state index in [2.05, 4.69) is 10.6 Å². The van der Waals surface area contributed by atoms with Gasteiger partial charge in [-0.15, -0.1) is 0 Å². The molecule has 3 N–H and O–H groups in total. The number of benzene rings is 1. The zero-order valence-electron chi connectivity index (χ0n) is 17.9. The van der Waals surface area contributed by atoms with Crippen molar-refractivity contribution in [3.05, 3.63) is 40.2 Å². The van der Waals surface area contributed by atoms with Crippen molar-refractivity contribution in [2.45, 2.75) is 46.1 Å². The third-order valence-electron chi connectivity index (χ3n) is 4.93. The summed E-state index contributed by atoms with van der Waals surface area (Å²) in [6, 6.07) is 5.44. The normalized spacial score (nSPS) is 12.7. The number of fused-ring (bicyclic) bond motifs is 1. The third kappa shape index (κ3) is 6.84. The molecule has 168 valence electrons. The molecule has 2 amide bonds. The molecule has 0 saturated carbocycles. The standard InChI is InChI=1S/C22H28N2O7/c1-4-6-14-9-20(27)31-17-10-15(7-8-16(14)17)30-12-19(26)23-11-18(25)24-21(22(28)29)13(3)5-2/h7-10,13,21H,4-6,11-12H2,1-3H3,(H,23,26)(H,24,25)(H,28,29). The second kappa shape index (κ2) is 11.1. The van der Waals surface area contributed by atoms with E-state index in [9.17, 15) is 24.3 Å². The van der Waals surface area contributed by atoms with Gasteiger partial charge in [0.1, 0.15) is 17.4 Å². The summed E-state index contributed by atoms with van der Waals surface area (Å²) in [5.41, 5.74) is 0.813. The molecule has 9 nitrogen and oxygen atoms in total. The highest BCUT2D eigenvalue weighted by atomic mass is 16.5. The smallest absolute Gasteiger partial charge is 0.336 e. The molecule has 0 aliphatic rings. The van der Waals surface area contributed by atoms with Crippen LogP contribution in [0.3, 0.4) is 0 Å². The Hall–Kier alpha value is -3.36. The topological polar surface area (TPSA) is 135 Å². The van der Waals surface area contributed by atoms with Crippen molar-refractivity contribution >= 4 is 28.8 Å². The summed E-state index contributed by atoms with van der Waals surface area (Å²) in [7, 11) is 0. The van der Waals surface area contributed by atoms with Crippen LogP contribution in [0.1, 0.15) is 39.2 Å². The van der Waals surface area contributed by atoms with Crippen LogP contribution in [-0.2, 0) is 20.8 Å². The number of ether oxygens (including phenoxy) is 1. The average molecular weight is 432 g/mol. The maximum Gasteiger partial charge on any atom is 0.336 e. The number of rotatable bonds is 11. The molecule has 1 aromatic carbocycles. The fourth-order valence-corrected chi connectivity index (χ4v) is 3.06. The minimum absolute atomic E-state index is 0.244. The summed E-state index contributed by atoms with van der Waals surface area (Å²) in [6.45, 7) is 4.85. The van der Waals surface area contributed by atoms with E-state index in [1.54, 1.807) is 25.1 Å². The molecule has 1 aromatic heterocycles. The van der Waals surface area contributed by atoms with Crippen molar-refractivity contribution in [2.75, 3.05) is 13.2 Å². The number of aliphatic carboxylic acids is 1. The Labute approximate surface area is 179 Å². The van der Waals surface area contributed by atoms with Gasteiger partial charge in [-0.1, -0.05) is 33.6 Å². The summed E-state index contributed by atoms with van der Waals surface area (Å²) in [5, 5.41) is 14.8. The average Bonchev–Trinajstić information content (AvgIpc) is 2.73. The fraction of sp³-hybridized carbons (Fsp3) is 0.455. The summed E-state index contributed by atoms with van der Waals surface area (Å²) >= 11 is 0. The molecule has 0 radical (unpaired) electrons. The van der Waals surface area contributed by atoms with Gasteiger partial charge in [0.15, 0.2) is 6.61 Å². The molecular weight excluding hydrogens is 404 g/mol. The second-order valence-corrected chi connectivity index (χ2v) is 7.33. The minimum atomic E-state index is -1.12. The minimum Gasteiger partial charge on any atom is -0.484 e. The lowest BCUT2D eigenvalue weighted by molar-refractivity contribution is -0.143. The fourth-order valence-electron chi connectivity index (χ4n) is 3.06. The number of carboxylic acid groups (broad SMARTS) is 1. The highest BCUT2D eigenvalue weighted by Crippen LogP contribution is 2.23. The molecule has 2 unspecified atom stereocenters. The molecule has 0 bridgehead atoms. The molecule has 2 rings (SSSR count). The van der Waals surface area contributed by atoms with Crippen LogP contribution in [-0.4, -0.2) is 42.1 Å². The summed E-state index contributed by atoms with van der Waals surface area (Å²) in [4.78, 5) is 46.9. The largest absolute Gasteiger partial charge is 0.484 e. The molecule has 31 heavy (non-hydrogen) atoms. The predicted molar refractivity (Wildman–Crippen MR) is 114 cm³/mol. The Morgan fingerprint density at radius 3 is 2.55 bits per heavy atom. The second-order valence-electron chi connectivity index (χ2n) is 7.33. The van der Waals surface area contributed by atoms with Gasteiger partial charge in [-0.25, -0.2) is 9.59 Å². The SMILES string of the molecule is CCCc1cc(=O)oc2cc(OCC(=O)NCC(=O)NC(C(=O)O)C(C)CC)ccc12. The van der Waals surface area contributed by atoms with Crippen LogP contribution in [0.25, 0.3) is 11.0 Å². The van der Waals surface area contributed by atoms with E-state index in [-0.39, 0.29) is 19.1 Å². The van der Waals surface area contributed by atoms with Gasteiger partial charge in [0.2, 0.25) is 5.91 Å². The van der Waals surface area contributed by atoms with Crippen LogP contribution in [0.5, 0.6) is 5.75 Å². The van der Waals surface area contributed by atoms with Crippen LogP contribution in [0.2, 0.25) is 0 Å². The summed E-state index contributed by atoms with van der Waals surface area (Å²) < 4.78 is 10.6. The van der Waals surface area contributed by atoms with Crippen LogP contribution < -0.4 is 21.0 Å². The molecule has 2 aromatic rings. The molecule has 0 spiro atoms. The van der Waals surface area contributed by atoms with Gasteiger partial charge in [-0.05, 0) is 30.0 Å². The number of aryl methyl sites for hydroxylation is 1. The Kier molecular flexibility index (Phi) is 8.60. The molecule has 0 aliphatic carbocycles. The monoisotopic (exact) mass is 432 g/mol. The molecule has 0 aliphatic heterocycles. The number of hydrogen-bond donors (Lipinski definition) is 3. The van der Waals surface area contributed by atoms with Crippen molar-refractivity contribution in [1.82, 2.24) is 10.6 Å². The lowest BCUT2D eigenvalue weighted by atomic mass is 9.99. The molecule has 9 heteroatoms. The molecule has 1 heterocycles. The quantitative estimate of drug-likeness (QED) is 0.461. The van der Waals surface area contributed by atoms with E-state index in [1.165, 1.54) is 6.07 Å². The summed E-state index contributed by atoms with van der Waals surface area (Å²) in [5.74, 6) is -2.18. The van der Waals surface area contributed by atoms with Crippen molar-refractivity contribution in [3.63, 3.8) is 0 Å². The molecule has 0 saturated heterocycles. The van der Waals surface area contributed by atoms with Crippen LogP contribution in [0, 0.1) is 5.92 Å². The van der Waals surface area contributed by atoms with Gasteiger partial charge in [0.05, 0.1) is 6.54 Å². The number of carbonyl (C=O) groups is 3. The van der Waals surface area contributed by atoms with Gasteiger partial charge >= 0.3 is 11.6 Å². The van der Waals surface area contributed by atoms with Crippen molar-refractivity contribution < 1.29 is 28.6 Å². The van der Waals surface area contributed by atoms with Gasteiger partial charge in [0, 0.05) is 17.5 Å². The molecule has 0 fully saturated rings. The highest BCUT2D eigenvalue weighted by molar-refractivity contribution is 5.88. The number of nitrogens with one attached hydrogen (secondary N) is 2. The van der Waals surface area contributed by atoms with E-state index in [0.29, 0.717) is 17.8 Å². The first kappa shape index (κ1) is 23.9. The first-order valence-corrected chi connectivity index (χ1v) is 10.2. The predicted octanol–water partition coefficient (Wildman–Crippen LogP) is 1.86. The Morgan fingerprint density at radius 2 is 1.90 bits per heavy atom. The van der Waals surface area contributed by atoms with E-state index >= 15 is 0 Å².